The fourth-order valence-corrected chi connectivity index (χ4v) is 5.28. The number of hydrogen-bond acceptors (Lipinski definition) is 8. The Balaban J connectivity index is 4.07. The molecular weight excluding hydrogens is 557 g/mol. The molecule has 0 aliphatic heterocycles. The third kappa shape index (κ3) is 30.9. The molecule has 0 aromatic rings. The number of esters is 1. The number of ether oxygens (including phenoxy) is 3. The van der Waals surface area contributed by atoms with Gasteiger partial charge in [0.15, 0.2) is 0 Å². The van der Waals surface area contributed by atoms with Gasteiger partial charge in [-0.3, -0.25) is 9.36 Å². The van der Waals surface area contributed by atoms with Gasteiger partial charge >= 0.3 is 5.97 Å². The van der Waals surface area contributed by atoms with Gasteiger partial charge in [0.1, 0.15) is 19.3 Å². The number of nitrogens with one attached hydrogen (secondary N) is 1. The molecule has 0 radical (unpaired) electrons. The molecular formula is C32H66NO8P. The Morgan fingerprint density at radius 3 is 1.76 bits per heavy atom. The first kappa shape index (κ1) is 41.5. The molecule has 9 nitrogen and oxygen atoms in total. The van der Waals surface area contributed by atoms with E-state index in [1.54, 1.807) is 0 Å². The lowest BCUT2D eigenvalue weighted by molar-refractivity contribution is -0.858. The Bertz CT molecular complexity index is 638. The normalized spacial score (nSPS) is 13.9. The maximum Gasteiger partial charge on any atom is 0.305 e. The predicted molar refractivity (Wildman–Crippen MR) is 168 cm³/mol. The van der Waals surface area contributed by atoms with Crippen LogP contribution < -0.4 is 9.79 Å². The van der Waals surface area contributed by atoms with Crippen LogP contribution in [0.5, 0.6) is 0 Å². The van der Waals surface area contributed by atoms with E-state index in [2.05, 4.69) is 6.92 Å². The van der Waals surface area contributed by atoms with Crippen LogP contribution in [0, 0.1) is 0 Å². The van der Waals surface area contributed by atoms with Crippen molar-refractivity contribution in [2.45, 2.75) is 142 Å². The van der Waals surface area contributed by atoms with Gasteiger partial charge in [0.25, 0.3) is 7.82 Å². The molecule has 0 rings (SSSR count). The molecule has 10 heteroatoms. The molecule has 0 amide bonds. The lowest BCUT2D eigenvalue weighted by Crippen LogP contribution is -3.06. The number of phosphoric acid groups is 1. The molecule has 0 heterocycles. The van der Waals surface area contributed by atoms with E-state index in [4.69, 9.17) is 23.3 Å². The standard InChI is InChI=1S/C32H66NO8P/c1-5-7-8-9-10-11-12-13-14-15-16-17-19-22-26-37-29-31(30-41-42(35,36)40-28-25-33(3)4)39-27-23-20-18-21-24-32(34)38-6-2/h31H,5-30H2,1-4H3,(H,35,36). The molecule has 0 fully saturated rings. The van der Waals surface area contributed by atoms with Crippen LogP contribution in [0.1, 0.15) is 136 Å². The summed E-state index contributed by atoms with van der Waals surface area (Å²) in [7, 11) is -0.537. The van der Waals surface area contributed by atoms with Crippen molar-refractivity contribution in [2.24, 2.45) is 0 Å². The molecule has 252 valence electrons. The molecule has 0 aromatic heterocycles. The summed E-state index contributed by atoms with van der Waals surface area (Å²) in [6.07, 6.45) is 21.7. The van der Waals surface area contributed by atoms with E-state index < -0.39 is 13.9 Å². The van der Waals surface area contributed by atoms with E-state index in [1.165, 1.54) is 77.0 Å². The third-order valence-electron chi connectivity index (χ3n) is 7.15. The van der Waals surface area contributed by atoms with Crippen molar-refractivity contribution in [3.05, 3.63) is 0 Å². The molecule has 42 heavy (non-hydrogen) atoms. The van der Waals surface area contributed by atoms with Crippen LogP contribution in [-0.2, 0) is 32.6 Å². The molecule has 1 N–H and O–H groups in total. The lowest BCUT2D eigenvalue weighted by Gasteiger charge is -2.26. The first-order valence-corrected chi connectivity index (χ1v) is 18.5. The van der Waals surface area contributed by atoms with Crippen molar-refractivity contribution >= 4 is 13.8 Å². The molecule has 2 unspecified atom stereocenters. The van der Waals surface area contributed by atoms with Crippen LogP contribution in [0.2, 0.25) is 0 Å². The summed E-state index contributed by atoms with van der Waals surface area (Å²) in [5, 5.41) is 0. The van der Waals surface area contributed by atoms with E-state index in [0.29, 0.717) is 32.8 Å². The number of hydrogen-bond donors (Lipinski definition) is 1. The topological polar surface area (TPSA) is 108 Å². The Kier molecular flexibility index (Phi) is 30.1. The average Bonchev–Trinajstić information content (AvgIpc) is 2.94. The number of phosphoric ester groups is 1. The molecule has 0 saturated heterocycles. The van der Waals surface area contributed by atoms with Crippen molar-refractivity contribution in [2.75, 3.05) is 60.3 Å². The highest BCUT2D eigenvalue weighted by Crippen LogP contribution is 2.38. The second-order valence-corrected chi connectivity index (χ2v) is 13.1. The predicted octanol–water partition coefficient (Wildman–Crippen LogP) is 6.03. The molecule has 2 atom stereocenters. The quantitative estimate of drug-likeness (QED) is 0.0537. The number of rotatable bonds is 33. The summed E-state index contributed by atoms with van der Waals surface area (Å²) in [6.45, 7) is 6.38. The zero-order valence-corrected chi connectivity index (χ0v) is 28.6. The summed E-state index contributed by atoms with van der Waals surface area (Å²) in [5.74, 6) is -0.154. The third-order valence-corrected chi connectivity index (χ3v) is 8.11. The Morgan fingerprint density at radius 1 is 0.690 bits per heavy atom. The minimum Gasteiger partial charge on any atom is -0.756 e. The zero-order chi connectivity index (χ0) is 31.2. The highest BCUT2D eigenvalue weighted by atomic mass is 31.2. The first-order valence-electron chi connectivity index (χ1n) is 17.0. The smallest absolute Gasteiger partial charge is 0.305 e. The highest BCUT2D eigenvalue weighted by molar-refractivity contribution is 7.45. The maximum atomic E-state index is 12.1. The van der Waals surface area contributed by atoms with Crippen molar-refractivity contribution in [1.29, 1.82) is 0 Å². The minimum atomic E-state index is -4.39. The number of unbranched alkanes of at least 4 members (excludes halogenated alkanes) is 16. The van der Waals surface area contributed by atoms with Crippen molar-refractivity contribution in [3.63, 3.8) is 0 Å². The summed E-state index contributed by atoms with van der Waals surface area (Å²) in [6, 6.07) is 0. The van der Waals surface area contributed by atoms with Crippen LogP contribution in [0.25, 0.3) is 0 Å². The van der Waals surface area contributed by atoms with Crippen LogP contribution in [0.15, 0.2) is 0 Å². The average molecular weight is 624 g/mol. The van der Waals surface area contributed by atoms with E-state index in [9.17, 15) is 14.3 Å². The van der Waals surface area contributed by atoms with E-state index in [1.807, 2.05) is 21.0 Å². The fourth-order valence-electron chi connectivity index (χ4n) is 4.54. The maximum absolute atomic E-state index is 12.1. The molecule has 0 spiro atoms. The Hall–Kier alpha value is -0.540. The number of quaternary nitrogens is 1. The zero-order valence-electron chi connectivity index (χ0n) is 27.7. The van der Waals surface area contributed by atoms with Gasteiger partial charge in [-0.25, -0.2) is 0 Å². The van der Waals surface area contributed by atoms with Crippen molar-refractivity contribution in [3.8, 4) is 0 Å². The van der Waals surface area contributed by atoms with Gasteiger partial charge in [-0.05, 0) is 26.2 Å². The molecule has 0 aromatic carbocycles. The first-order chi connectivity index (χ1) is 20.3. The summed E-state index contributed by atoms with van der Waals surface area (Å²) in [4.78, 5) is 24.6. The summed E-state index contributed by atoms with van der Waals surface area (Å²) in [5.41, 5.74) is 0. The van der Waals surface area contributed by atoms with Crippen molar-refractivity contribution in [1.82, 2.24) is 0 Å². The van der Waals surface area contributed by atoms with E-state index >= 15 is 0 Å². The van der Waals surface area contributed by atoms with Gasteiger partial charge in [0.2, 0.25) is 0 Å². The molecule has 0 aliphatic rings. The summed E-state index contributed by atoms with van der Waals surface area (Å²) >= 11 is 0. The second-order valence-electron chi connectivity index (χ2n) is 11.7. The van der Waals surface area contributed by atoms with Crippen LogP contribution in [0.3, 0.4) is 0 Å². The monoisotopic (exact) mass is 623 g/mol. The van der Waals surface area contributed by atoms with Crippen LogP contribution >= 0.6 is 7.82 Å². The Morgan fingerprint density at radius 2 is 1.21 bits per heavy atom. The summed E-state index contributed by atoms with van der Waals surface area (Å²) < 4.78 is 38.9. The van der Waals surface area contributed by atoms with Gasteiger partial charge in [-0.15, -0.1) is 0 Å². The minimum absolute atomic E-state index is 0.0794. The fraction of sp³-hybridized carbons (Fsp3) is 0.969. The Labute approximate surface area is 258 Å². The van der Waals surface area contributed by atoms with Gasteiger partial charge in [0, 0.05) is 19.6 Å². The largest absolute Gasteiger partial charge is 0.756 e. The van der Waals surface area contributed by atoms with Gasteiger partial charge < -0.3 is 33.1 Å². The van der Waals surface area contributed by atoms with Gasteiger partial charge in [-0.2, -0.15) is 0 Å². The highest BCUT2D eigenvalue weighted by Gasteiger charge is 2.17. The number of carbonyl (C=O) groups excluding carboxylic acids is 1. The second kappa shape index (κ2) is 30.5. The molecule has 0 aliphatic carbocycles. The van der Waals surface area contributed by atoms with Crippen LogP contribution in [-0.4, -0.2) is 72.4 Å². The number of carbonyl (C=O) groups is 1. The van der Waals surface area contributed by atoms with E-state index in [0.717, 1.165) is 43.4 Å². The lowest BCUT2D eigenvalue weighted by atomic mass is 10.0. The van der Waals surface area contributed by atoms with Crippen molar-refractivity contribution < 1.29 is 42.4 Å². The van der Waals surface area contributed by atoms with Crippen LogP contribution in [0.4, 0.5) is 0 Å². The van der Waals surface area contributed by atoms with Gasteiger partial charge in [-0.1, -0.05) is 103 Å². The molecule has 0 bridgehead atoms. The number of likely N-dealkylation sites (N-methyl/N-ethyl adjacent to an activating group) is 1. The van der Waals surface area contributed by atoms with E-state index in [-0.39, 0.29) is 25.8 Å². The SMILES string of the molecule is CCCCCCCCCCCCCCCCOCC(COP(=O)([O-])OCC[NH+](C)C)OCCCCCCC(=O)OCC. The molecule has 0 saturated carbocycles. The van der Waals surface area contributed by atoms with Gasteiger partial charge in [0.05, 0.1) is 33.9 Å².